The Morgan fingerprint density at radius 2 is 1.76 bits per heavy atom. The fraction of sp³-hybridized carbons (Fsp3) is 0.0400. The van der Waals surface area contributed by atoms with Crippen LogP contribution >= 0.6 is 0 Å². The number of rotatable bonds is 6. The minimum atomic E-state index is -1.06. The van der Waals surface area contributed by atoms with Crippen LogP contribution in [0.3, 0.4) is 0 Å². The lowest BCUT2D eigenvalue weighted by atomic mass is 10.0. The number of nitrogens with zero attached hydrogens (tertiary/aromatic N) is 3. The Hall–Kier alpha value is -4.77. The van der Waals surface area contributed by atoms with Gasteiger partial charge in [0, 0.05) is 35.8 Å². The van der Waals surface area contributed by atoms with E-state index >= 15 is 0 Å². The highest BCUT2D eigenvalue weighted by Gasteiger charge is 2.14. The summed E-state index contributed by atoms with van der Waals surface area (Å²) >= 11 is 0. The molecule has 4 rings (SSSR count). The van der Waals surface area contributed by atoms with Crippen molar-refractivity contribution in [1.29, 1.82) is 5.26 Å². The summed E-state index contributed by atoms with van der Waals surface area (Å²) in [7, 11) is 0. The van der Waals surface area contributed by atoms with E-state index in [0.29, 0.717) is 34.1 Å². The van der Waals surface area contributed by atoms with Crippen molar-refractivity contribution in [2.75, 3.05) is 0 Å². The molecule has 0 fully saturated rings. The predicted molar refractivity (Wildman–Crippen MR) is 121 cm³/mol. The molecule has 0 radical (unpaired) electrons. The highest BCUT2D eigenvalue weighted by molar-refractivity contribution is 5.99. The normalized spacial score (nSPS) is 11.3. The van der Waals surface area contributed by atoms with Crippen LogP contribution < -0.4 is 0 Å². The van der Waals surface area contributed by atoms with Gasteiger partial charge in [-0.15, -0.1) is 0 Å². The smallest absolute Gasteiger partial charge is 0.335 e. The van der Waals surface area contributed by atoms with E-state index < -0.39 is 10.9 Å². The Morgan fingerprint density at radius 3 is 2.36 bits per heavy atom. The number of aromatic nitrogens is 1. The minimum absolute atomic E-state index is 0.0683. The second kappa shape index (κ2) is 8.77. The van der Waals surface area contributed by atoms with Crippen LogP contribution in [0, 0.1) is 27.3 Å². The molecule has 162 valence electrons. The average Bonchev–Trinajstić information content (AvgIpc) is 3.15. The summed E-state index contributed by atoms with van der Waals surface area (Å²) in [6, 6.07) is 18.5. The van der Waals surface area contributed by atoms with E-state index in [-0.39, 0.29) is 17.1 Å². The summed E-state index contributed by atoms with van der Waals surface area (Å²) in [6.45, 7) is 0.348. The van der Waals surface area contributed by atoms with Crippen molar-refractivity contribution in [2.45, 2.75) is 6.54 Å². The van der Waals surface area contributed by atoms with E-state index in [2.05, 4.69) is 6.07 Å². The van der Waals surface area contributed by atoms with Gasteiger partial charge in [-0.3, -0.25) is 10.1 Å². The molecule has 0 bridgehead atoms. The quantitative estimate of drug-likeness (QED) is 0.241. The number of benzene rings is 3. The average molecular weight is 441 g/mol. The number of aromatic carboxylic acids is 1. The molecule has 3 aromatic carbocycles. The maximum absolute atomic E-state index is 13.3. The molecule has 1 aromatic heterocycles. The summed E-state index contributed by atoms with van der Waals surface area (Å²) < 4.78 is 15.1. The molecular weight excluding hydrogens is 425 g/mol. The van der Waals surface area contributed by atoms with E-state index in [0.717, 1.165) is 5.56 Å². The standard InChI is InChI=1S/C25H16FN3O4/c26-21-7-1-16(2-8-21)14-28-15-20(23-10-9-22(29(32)33)12-24(23)28)11-19(13-27)17-3-5-18(6-4-17)25(30)31/h1-12,15H,14H2,(H,30,31)/b19-11+. The summed E-state index contributed by atoms with van der Waals surface area (Å²) in [6.07, 6.45) is 3.44. The van der Waals surface area contributed by atoms with E-state index in [1.165, 1.54) is 36.4 Å². The number of hydrogen-bond donors (Lipinski definition) is 1. The lowest BCUT2D eigenvalue weighted by Crippen LogP contribution is -1.98. The Labute approximate surface area is 187 Å². The molecule has 0 atom stereocenters. The molecule has 0 aliphatic heterocycles. The molecule has 0 spiro atoms. The van der Waals surface area contributed by atoms with Crippen LogP contribution in [0.5, 0.6) is 0 Å². The summed E-state index contributed by atoms with van der Waals surface area (Å²) in [5.74, 6) is -1.42. The Morgan fingerprint density at radius 1 is 1.09 bits per heavy atom. The molecular formula is C25H16FN3O4. The molecule has 8 heteroatoms. The predicted octanol–water partition coefficient (Wildman–Crippen LogP) is 5.50. The molecule has 0 unspecified atom stereocenters. The van der Waals surface area contributed by atoms with Gasteiger partial charge in [-0.2, -0.15) is 5.26 Å². The molecule has 33 heavy (non-hydrogen) atoms. The van der Waals surface area contributed by atoms with Crippen LogP contribution in [-0.2, 0) is 6.54 Å². The number of halogens is 1. The molecule has 0 aliphatic rings. The zero-order chi connectivity index (χ0) is 23.5. The zero-order valence-corrected chi connectivity index (χ0v) is 17.1. The van der Waals surface area contributed by atoms with Gasteiger partial charge in [0.15, 0.2) is 0 Å². The van der Waals surface area contributed by atoms with Gasteiger partial charge in [-0.05, 0) is 47.5 Å². The summed E-state index contributed by atoms with van der Waals surface area (Å²) in [5, 5.41) is 30.8. The number of fused-ring (bicyclic) bond motifs is 1. The van der Waals surface area contributed by atoms with Gasteiger partial charge < -0.3 is 9.67 Å². The summed E-state index contributed by atoms with van der Waals surface area (Å²) in [4.78, 5) is 21.9. The third-order valence-corrected chi connectivity index (χ3v) is 5.24. The third kappa shape index (κ3) is 4.48. The van der Waals surface area contributed by atoms with Crippen LogP contribution in [0.1, 0.15) is 27.0 Å². The first kappa shape index (κ1) is 21.5. The Kier molecular flexibility index (Phi) is 5.70. The first-order valence-electron chi connectivity index (χ1n) is 9.83. The maximum Gasteiger partial charge on any atom is 0.335 e. The van der Waals surface area contributed by atoms with E-state index in [1.807, 2.05) is 4.57 Å². The van der Waals surface area contributed by atoms with Crippen molar-refractivity contribution < 1.29 is 19.2 Å². The minimum Gasteiger partial charge on any atom is -0.478 e. The van der Waals surface area contributed by atoms with Crippen molar-refractivity contribution in [3.63, 3.8) is 0 Å². The van der Waals surface area contributed by atoms with Gasteiger partial charge >= 0.3 is 5.97 Å². The van der Waals surface area contributed by atoms with Gasteiger partial charge in [-0.1, -0.05) is 24.3 Å². The van der Waals surface area contributed by atoms with Gasteiger partial charge in [-0.25, -0.2) is 9.18 Å². The number of carboxylic acids is 1. The van der Waals surface area contributed by atoms with Crippen LogP contribution in [0.4, 0.5) is 10.1 Å². The Bertz CT molecular complexity index is 1450. The highest BCUT2D eigenvalue weighted by atomic mass is 19.1. The van der Waals surface area contributed by atoms with Crippen LogP contribution in [-0.4, -0.2) is 20.6 Å². The molecule has 0 amide bonds. The Balaban J connectivity index is 1.82. The molecule has 0 saturated heterocycles. The molecule has 4 aromatic rings. The molecule has 0 saturated carbocycles. The van der Waals surface area contributed by atoms with Crippen molar-refractivity contribution in [1.82, 2.24) is 4.57 Å². The zero-order valence-electron chi connectivity index (χ0n) is 17.1. The second-order valence-corrected chi connectivity index (χ2v) is 7.35. The lowest BCUT2D eigenvalue weighted by molar-refractivity contribution is -0.384. The van der Waals surface area contributed by atoms with Crippen molar-refractivity contribution in [2.24, 2.45) is 0 Å². The van der Waals surface area contributed by atoms with Crippen LogP contribution in [0.15, 0.2) is 72.9 Å². The molecule has 7 nitrogen and oxygen atoms in total. The highest BCUT2D eigenvalue weighted by Crippen LogP contribution is 2.30. The van der Waals surface area contributed by atoms with Crippen molar-refractivity contribution in [3.05, 3.63) is 111 Å². The largest absolute Gasteiger partial charge is 0.478 e. The molecule has 1 N–H and O–H groups in total. The van der Waals surface area contributed by atoms with Crippen molar-refractivity contribution in [3.8, 4) is 6.07 Å². The topological polar surface area (TPSA) is 109 Å². The number of nitro benzene ring substituents is 1. The van der Waals surface area contributed by atoms with Gasteiger partial charge in [0.05, 0.1) is 27.6 Å². The monoisotopic (exact) mass is 441 g/mol. The second-order valence-electron chi connectivity index (χ2n) is 7.35. The van der Waals surface area contributed by atoms with E-state index in [9.17, 15) is 24.6 Å². The van der Waals surface area contributed by atoms with Crippen LogP contribution in [0.2, 0.25) is 0 Å². The fourth-order valence-corrected chi connectivity index (χ4v) is 3.58. The van der Waals surface area contributed by atoms with E-state index in [1.54, 1.807) is 42.6 Å². The first-order valence-corrected chi connectivity index (χ1v) is 9.83. The summed E-state index contributed by atoms with van der Waals surface area (Å²) in [5.41, 5.74) is 2.97. The number of carboxylic acid groups (broad SMARTS) is 1. The third-order valence-electron chi connectivity index (χ3n) is 5.24. The number of non-ortho nitro benzene ring substituents is 1. The first-order chi connectivity index (χ1) is 15.9. The van der Waals surface area contributed by atoms with Gasteiger partial charge in [0.2, 0.25) is 0 Å². The molecule has 1 heterocycles. The van der Waals surface area contributed by atoms with Gasteiger partial charge in [0.25, 0.3) is 5.69 Å². The lowest BCUT2D eigenvalue weighted by Gasteiger charge is -2.05. The van der Waals surface area contributed by atoms with Crippen molar-refractivity contribution >= 4 is 34.2 Å². The number of nitro groups is 1. The SMILES string of the molecule is N#C/C(=C\c1cn(Cc2ccc(F)cc2)c2cc([N+](=O)[O-])ccc12)c1ccc(C(=O)O)cc1. The molecule has 0 aliphatic carbocycles. The van der Waals surface area contributed by atoms with Crippen LogP contribution in [0.25, 0.3) is 22.6 Å². The number of allylic oxidation sites excluding steroid dienone is 1. The van der Waals surface area contributed by atoms with E-state index in [4.69, 9.17) is 5.11 Å². The number of hydrogen-bond acceptors (Lipinski definition) is 4. The number of carbonyl (C=O) groups is 1. The maximum atomic E-state index is 13.3. The fourth-order valence-electron chi connectivity index (χ4n) is 3.58. The van der Waals surface area contributed by atoms with Gasteiger partial charge in [0.1, 0.15) is 5.82 Å². The number of nitriles is 1.